The van der Waals surface area contributed by atoms with Crippen LogP contribution in [0.3, 0.4) is 0 Å². The predicted octanol–water partition coefficient (Wildman–Crippen LogP) is 2.34. The number of ether oxygens (including phenoxy) is 1. The number of piperidine rings is 1. The number of likely N-dealkylation sites (tertiary alicyclic amines) is 1. The molecule has 7 heteroatoms. The largest absolute Gasteiger partial charge is 0.367 e. The van der Waals surface area contributed by atoms with Crippen LogP contribution in [0.25, 0.3) is 0 Å². The second-order valence-electron chi connectivity index (χ2n) is 6.84. The van der Waals surface area contributed by atoms with E-state index in [2.05, 4.69) is 33.3 Å². The Bertz CT molecular complexity index is 663. The van der Waals surface area contributed by atoms with Crippen molar-refractivity contribution in [1.29, 1.82) is 0 Å². The van der Waals surface area contributed by atoms with Gasteiger partial charge in [0.15, 0.2) is 5.82 Å². The van der Waals surface area contributed by atoms with Crippen molar-refractivity contribution in [3.8, 4) is 0 Å². The summed E-state index contributed by atoms with van der Waals surface area (Å²) in [5.41, 5.74) is 1.27. The van der Waals surface area contributed by atoms with Gasteiger partial charge in [0.2, 0.25) is 0 Å². The summed E-state index contributed by atoms with van der Waals surface area (Å²) in [5, 5.41) is 8.39. The van der Waals surface area contributed by atoms with Gasteiger partial charge in [-0.15, -0.1) is 0 Å². The quantitative estimate of drug-likeness (QED) is 0.776. The SMILES string of the molecule is CCn1cc(CN2CCCC(OCc3nc(C4CC4)no3)C2)cn1. The summed E-state index contributed by atoms with van der Waals surface area (Å²) in [6, 6.07) is 0. The topological polar surface area (TPSA) is 69.2 Å². The lowest BCUT2D eigenvalue weighted by Crippen LogP contribution is -2.39. The lowest BCUT2D eigenvalue weighted by atomic mass is 10.1. The number of aryl methyl sites for hydroxylation is 1. The van der Waals surface area contributed by atoms with Gasteiger partial charge in [-0.3, -0.25) is 9.58 Å². The minimum Gasteiger partial charge on any atom is -0.367 e. The van der Waals surface area contributed by atoms with Gasteiger partial charge in [0.1, 0.15) is 6.61 Å². The predicted molar refractivity (Wildman–Crippen MR) is 87.3 cm³/mol. The molecule has 1 aliphatic carbocycles. The molecule has 3 heterocycles. The fourth-order valence-corrected chi connectivity index (χ4v) is 3.24. The Labute approximate surface area is 142 Å². The van der Waals surface area contributed by atoms with Crippen molar-refractivity contribution < 1.29 is 9.26 Å². The van der Waals surface area contributed by atoms with Crippen LogP contribution in [0.4, 0.5) is 0 Å². The highest BCUT2D eigenvalue weighted by Crippen LogP contribution is 2.38. The van der Waals surface area contributed by atoms with E-state index in [0.29, 0.717) is 18.4 Å². The summed E-state index contributed by atoms with van der Waals surface area (Å²) < 4.78 is 13.3. The molecule has 0 radical (unpaired) electrons. The number of rotatable bonds is 7. The van der Waals surface area contributed by atoms with Gasteiger partial charge in [-0.25, -0.2) is 0 Å². The van der Waals surface area contributed by atoms with E-state index in [1.807, 2.05) is 10.9 Å². The van der Waals surface area contributed by atoms with Crippen LogP contribution < -0.4 is 0 Å². The molecule has 4 rings (SSSR count). The van der Waals surface area contributed by atoms with Crippen molar-refractivity contribution in [3.05, 3.63) is 29.7 Å². The fourth-order valence-electron chi connectivity index (χ4n) is 3.24. The molecule has 2 fully saturated rings. The zero-order valence-electron chi connectivity index (χ0n) is 14.2. The molecular formula is C17H25N5O2. The monoisotopic (exact) mass is 331 g/mol. The lowest BCUT2D eigenvalue weighted by molar-refractivity contribution is -0.0210. The summed E-state index contributed by atoms with van der Waals surface area (Å²) in [7, 11) is 0. The molecule has 24 heavy (non-hydrogen) atoms. The van der Waals surface area contributed by atoms with Gasteiger partial charge in [0.25, 0.3) is 5.89 Å². The van der Waals surface area contributed by atoms with Gasteiger partial charge >= 0.3 is 0 Å². The molecule has 1 unspecified atom stereocenters. The van der Waals surface area contributed by atoms with Gasteiger partial charge < -0.3 is 9.26 Å². The molecule has 7 nitrogen and oxygen atoms in total. The van der Waals surface area contributed by atoms with Crippen LogP contribution in [-0.4, -0.2) is 44.0 Å². The first-order valence-electron chi connectivity index (χ1n) is 8.98. The van der Waals surface area contributed by atoms with Gasteiger partial charge in [0, 0.05) is 37.3 Å². The zero-order valence-corrected chi connectivity index (χ0v) is 14.2. The molecule has 1 saturated heterocycles. The Hall–Kier alpha value is -1.73. The van der Waals surface area contributed by atoms with Crippen LogP contribution in [0, 0.1) is 0 Å². The number of hydrogen-bond acceptors (Lipinski definition) is 6. The van der Waals surface area contributed by atoms with Crippen LogP contribution in [-0.2, 0) is 24.4 Å². The molecule has 1 atom stereocenters. The maximum absolute atomic E-state index is 6.02. The van der Waals surface area contributed by atoms with Crippen molar-refractivity contribution in [2.45, 2.75) is 64.3 Å². The normalized spacial score (nSPS) is 22.1. The van der Waals surface area contributed by atoms with E-state index in [1.165, 1.54) is 18.4 Å². The fraction of sp³-hybridized carbons (Fsp3) is 0.706. The van der Waals surface area contributed by atoms with Crippen molar-refractivity contribution in [2.75, 3.05) is 13.1 Å². The molecule has 2 aromatic rings. The molecule has 2 aromatic heterocycles. The van der Waals surface area contributed by atoms with Crippen LogP contribution in [0.1, 0.15) is 55.8 Å². The Balaban J connectivity index is 1.26. The summed E-state index contributed by atoms with van der Waals surface area (Å²) >= 11 is 0. The first-order valence-corrected chi connectivity index (χ1v) is 8.98. The minimum atomic E-state index is 0.233. The minimum absolute atomic E-state index is 0.233. The molecule has 130 valence electrons. The van der Waals surface area contributed by atoms with Crippen molar-refractivity contribution in [2.24, 2.45) is 0 Å². The van der Waals surface area contributed by atoms with Crippen LogP contribution in [0.2, 0.25) is 0 Å². The maximum Gasteiger partial charge on any atom is 0.252 e. The molecule has 1 aliphatic heterocycles. The summed E-state index contributed by atoms with van der Waals surface area (Å²) in [6.45, 7) is 6.44. The first-order chi connectivity index (χ1) is 11.8. The Morgan fingerprint density at radius 1 is 1.33 bits per heavy atom. The number of aromatic nitrogens is 4. The Morgan fingerprint density at radius 3 is 3.04 bits per heavy atom. The average molecular weight is 331 g/mol. The van der Waals surface area contributed by atoms with Crippen LogP contribution in [0.15, 0.2) is 16.9 Å². The molecule has 0 spiro atoms. The van der Waals surface area contributed by atoms with Gasteiger partial charge in [-0.05, 0) is 39.2 Å². The van der Waals surface area contributed by atoms with Crippen LogP contribution >= 0.6 is 0 Å². The summed E-state index contributed by atoms with van der Waals surface area (Å²) in [4.78, 5) is 6.87. The third-order valence-electron chi connectivity index (χ3n) is 4.75. The summed E-state index contributed by atoms with van der Waals surface area (Å²) in [5.74, 6) is 1.99. The van der Waals surface area contributed by atoms with E-state index in [4.69, 9.17) is 9.26 Å². The average Bonchev–Trinajstić information content (AvgIpc) is 3.17. The first kappa shape index (κ1) is 15.8. The smallest absolute Gasteiger partial charge is 0.252 e. The van der Waals surface area contributed by atoms with Crippen molar-refractivity contribution in [3.63, 3.8) is 0 Å². The molecule has 2 aliphatic rings. The van der Waals surface area contributed by atoms with E-state index in [1.54, 1.807) is 0 Å². The van der Waals surface area contributed by atoms with Crippen molar-refractivity contribution >= 4 is 0 Å². The highest BCUT2D eigenvalue weighted by molar-refractivity contribution is 5.04. The van der Waals surface area contributed by atoms with E-state index in [0.717, 1.165) is 44.8 Å². The second-order valence-corrected chi connectivity index (χ2v) is 6.84. The molecule has 1 saturated carbocycles. The third kappa shape index (κ3) is 3.84. The Morgan fingerprint density at radius 2 is 2.25 bits per heavy atom. The molecule has 0 aromatic carbocycles. The lowest BCUT2D eigenvalue weighted by Gasteiger charge is -2.32. The second kappa shape index (κ2) is 7.03. The summed E-state index contributed by atoms with van der Waals surface area (Å²) in [6.07, 6.45) is 8.95. The van der Waals surface area contributed by atoms with E-state index in [-0.39, 0.29) is 6.10 Å². The standard InChI is InChI=1S/C17H25N5O2/c1-2-22-10-13(8-18-22)9-21-7-3-4-15(11-21)23-12-16-19-17(20-24-16)14-5-6-14/h8,10,14-15H,2-7,9,11-12H2,1H3. The third-order valence-corrected chi connectivity index (χ3v) is 4.75. The van der Waals surface area contributed by atoms with E-state index in [9.17, 15) is 0 Å². The highest BCUT2D eigenvalue weighted by atomic mass is 16.5. The van der Waals surface area contributed by atoms with Gasteiger partial charge in [0.05, 0.1) is 12.3 Å². The number of nitrogens with zero attached hydrogens (tertiary/aromatic N) is 5. The Kier molecular flexibility index (Phi) is 4.62. The van der Waals surface area contributed by atoms with Crippen LogP contribution in [0.5, 0.6) is 0 Å². The number of hydrogen-bond donors (Lipinski definition) is 0. The zero-order chi connectivity index (χ0) is 16.4. The molecule has 0 amide bonds. The van der Waals surface area contributed by atoms with E-state index < -0.39 is 0 Å². The van der Waals surface area contributed by atoms with Gasteiger partial charge in [-0.2, -0.15) is 10.1 Å². The molecular weight excluding hydrogens is 306 g/mol. The molecule has 0 bridgehead atoms. The maximum atomic E-state index is 6.02. The van der Waals surface area contributed by atoms with E-state index >= 15 is 0 Å². The van der Waals surface area contributed by atoms with Crippen molar-refractivity contribution in [1.82, 2.24) is 24.8 Å². The highest BCUT2D eigenvalue weighted by Gasteiger charge is 2.29. The molecule has 0 N–H and O–H groups in total. The van der Waals surface area contributed by atoms with Gasteiger partial charge in [-0.1, -0.05) is 5.16 Å².